The number of amides is 6. The maximum absolute atomic E-state index is 15.2. The Morgan fingerprint density at radius 1 is 0.299 bits per heavy atom. The summed E-state index contributed by atoms with van der Waals surface area (Å²) < 4.78 is 95.0. The molecule has 3 aliphatic rings. The highest BCUT2D eigenvalue weighted by molar-refractivity contribution is 7.89. The first-order valence-electron chi connectivity index (χ1n) is 28.6. The molecule has 21 heteroatoms. The van der Waals surface area contributed by atoms with Crippen molar-refractivity contribution in [1.29, 1.82) is 0 Å². The summed E-state index contributed by atoms with van der Waals surface area (Å²) in [5.74, 6) is -3.05. The molecular weight excluding hydrogens is 1160 g/mol. The summed E-state index contributed by atoms with van der Waals surface area (Å²) in [6.07, 6.45) is 0.0166. The predicted octanol–water partition coefficient (Wildman–Crippen LogP) is 9.17. The van der Waals surface area contributed by atoms with E-state index in [2.05, 4.69) is 0 Å². The third-order valence-corrected chi connectivity index (χ3v) is 22.3. The van der Waals surface area contributed by atoms with Gasteiger partial charge in [-0.25, -0.2) is 25.3 Å². The third-order valence-electron chi connectivity index (χ3n) is 16.7. The van der Waals surface area contributed by atoms with E-state index in [1.165, 1.54) is 49.3 Å². The lowest BCUT2D eigenvalue weighted by molar-refractivity contribution is 0.0635. The average Bonchev–Trinajstić information content (AvgIpc) is 1.79. The molecule has 7 aromatic carbocycles. The van der Waals surface area contributed by atoms with Crippen LogP contribution in [0.5, 0.6) is 0 Å². The minimum absolute atomic E-state index is 0.00554. The Morgan fingerprint density at radius 3 is 0.690 bits per heavy atom. The minimum atomic E-state index is -4.42. The fourth-order valence-corrected chi connectivity index (χ4v) is 15.9. The van der Waals surface area contributed by atoms with E-state index in [1.54, 1.807) is 130 Å². The number of aryl methyl sites for hydroxylation is 3. The van der Waals surface area contributed by atoms with Gasteiger partial charge in [-0.05, 0) is 167 Å². The molecule has 0 unspecified atom stereocenters. The zero-order valence-electron chi connectivity index (χ0n) is 49.1. The fraction of sp³-hybridized carbons (Fsp3) is 0.273. The van der Waals surface area contributed by atoms with Crippen LogP contribution in [-0.2, 0) is 49.7 Å². The molecule has 0 saturated carbocycles. The van der Waals surface area contributed by atoms with Gasteiger partial charge in [-0.1, -0.05) is 89.5 Å². The molecule has 0 radical (unpaired) electrons. The summed E-state index contributed by atoms with van der Waals surface area (Å²) in [5.41, 5.74) is 6.53. The molecule has 0 aromatic heterocycles. The zero-order valence-corrected chi connectivity index (χ0v) is 51.6. The van der Waals surface area contributed by atoms with E-state index in [9.17, 15) is 28.8 Å². The van der Waals surface area contributed by atoms with Gasteiger partial charge in [0, 0.05) is 58.9 Å². The average molecular weight is 1230 g/mol. The van der Waals surface area contributed by atoms with Crippen molar-refractivity contribution in [2.45, 2.75) is 95.1 Å². The number of rotatable bonds is 24. The molecule has 18 nitrogen and oxygen atoms in total. The number of nitrogens with zero attached hydrogens (tertiary/aromatic N) is 6. The van der Waals surface area contributed by atoms with E-state index >= 15 is 25.3 Å². The number of hydrogen-bond acceptors (Lipinski definition) is 12. The first-order chi connectivity index (χ1) is 41.4. The predicted molar refractivity (Wildman–Crippen MR) is 326 cm³/mol. The first kappa shape index (κ1) is 61.8. The van der Waals surface area contributed by atoms with Crippen LogP contribution in [0.4, 0.5) is 0 Å². The van der Waals surface area contributed by atoms with Crippen LogP contribution in [-0.4, -0.2) is 128 Å². The lowest BCUT2D eigenvalue weighted by Gasteiger charge is -2.31. The Labute approximate surface area is 507 Å². The van der Waals surface area contributed by atoms with Crippen molar-refractivity contribution >= 4 is 65.5 Å². The Hall–Kier alpha value is -8.31. The Kier molecular flexibility index (Phi) is 17.6. The van der Waals surface area contributed by atoms with Gasteiger partial charge in [0.15, 0.2) is 0 Å². The van der Waals surface area contributed by atoms with Crippen molar-refractivity contribution < 1.29 is 54.0 Å². The number of imide groups is 3. The maximum Gasteiger partial charge on any atom is 0.261 e. The van der Waals surface area contributed by atoms with Crippen molar-refractivity contribution in [3.05, 3.63) is 229 Å². The SMILES string of the molecule is Cc1ccc(S(=O)(=O)N(CCCN2C(=O)c3ccccc3C2=O)Cc2c(C)c(CN(CCCN3C(=O)c4ccccc4C3=O)S(=O)(=O)c3ccc(C)cc3)c(C)c(CN(CCCN3C(=O)c4ccccc4C3=O)S(=O)(=O)c3ccc(C)cc3)c2C)cc1. The minimum Gasteiger partial charge on any atom is -0.274 e. The van der Waals surface area contributed by atoms with Gasteiger partial charge in [0.2, 0.25) is 30.1 Å². The first-order valence-corrected chi connectivity index (χ1v) is 32.9. The highest BCUT2D eigenvalue weighted by Crippen LogP contribution is 2.36. The monoisotopic (exact) mass is 1230 g/mol. The quantitative estimate of drug-likeness (QED) is 0.0517. The third kappa shape index (κ3) is 12.0. The van der Waals surface area contributed by atoms with Crippen LogP contribution in [0.3, 0.4) is 0 Å². The highest BCUT2D eigenvalue weighted by Gasteiger charge is 2.39. The number of hydrogen-bond donors (Lipinski definition) is 0. The molecule has 10 rings (SSSR count). The van der Waals surface area contributed by atoms with Gasteiger partial charge in [-0.2, -0.15) is 12.9 Å². The number of fused-ring (bicyclic) bond motifs is 3. The number of carbonyl (C=O) groups excluding carboxylic acids is 6. The molecular formula is C66H66N6O12S3. The summed E-state index contributed by atoms with van der Waals surface area (Å²) in [6, 6.07) is 38.2. The number of sulfonamides is 3. The number of benzene rings is 7. The standard InChI is InChI=1S/C66H66N6O12S3/c1-43-22-28-49(29-23-43)85(79,80)67(34-13-37-70-61(73)52-16-7-8-17-53(52)62(70)74)40-58-46(4)59(41-68(86(81,82)50-30-24-44(2)25-31-50)35-14-38-71-63(75)54-18-9-10-19-55(54)64(71)76)48(6)60(47(58)5)42-69(87(83,84)51-32-26-45(3)27-33-51)36-15-39-72-65(77)56-20-11-12-21-57(56)66(72)78/h7-12,16-33H,13-15,34-42H2,1-6H3. The topological polar surface area (TPSA) is 224 Å². The number of carbonyl (C=O) groups is 6. The molecule has 0 saturated heterocycles. The van der Waals surface area contributed by atoms with Crippen molar-refractivity contribution in [3.63, 3.8) is 0 Å². The molecule has 0 aliphatic carbocycles. The summed E-state index contributed by atoms with van der Waals surface area (Å²) in [6.45, 7) is 8.66. The van der Waals surface area contributed by atoms with Crippen molar-refractivity contribution in [3.8, 4) is 0 Å². The van der Waals surface area contributed by atoms with Crippen molar-refractivity contribution in [2.75, 3.05) is 39.3 Å². The molecule has 87 heavy (non-hydrogen) atoms. The van der Waals surface area contributed by atoms with Crippen LogP contribution in [0.25, 0.3) is 0 Å². The van der Waals surface area contributed by atoms with Crippen molar-refractivity contribution in [2.24, 2.45) is 0 Å². The second-order valence-electron chi connectivity index (χ2n) is 22.2. The Bertz CT molecular complexity index is 3720. The molecule has 0 bridgehead atoms. The molecule has 3 aliphatic heterocycles. The van der Waals surface area contributed by atoms with E-state index in [0.29, 0.717) is 33.4 Å². The molecule has 0 spiro atoms. The van der Waals surface area contributed by atoms with Crippen LogP contribution in [0, 0.1) is 41.5 Å². The maximum atomic E-state index is 15.2. The second kappa shape index (κ2) is 24.8. The molecule has 3 heterocycles. The Balaban J connectivity index is 1.08. The van der Waals surface area contributed by atoms with E-state index < -0.39 is 65.5 Å². The van der Waals surface area contributed by atoms with Gasteiger partial charge < -0.3 is 0 Å². The summed E-state index contributed by atoms with van der Waals surface area (Å²) in [5, 5.41) is 0. The van der Waals surface area contributed by atoms with Gasteiger partial charge in [0.25, 0.3) is 35.4 Å². The van der Waals surface area contributed by atoms with E-state index in [-0.39, 0.29) is 126 Å². The van der Waals surface area contributed by atoms with Gasteiger partial charge in [-0.3, -0.25) is 43.5 Å². The van der Waals surface area contributed by atoms with Crippen LogP contribution in [0.15, 0.2) is 160 Å². The largest absolute Gasteiger partial charge is 0.274 e. The lowest BCUT2D eigenvalue weighted by atomic mass is 9.87. The molecule has 7 aromatic rings. The molecule has 6 amide bonds. The second-order valence-corrected chi connectivity index (χ2v) is 28.1. The van der Waals surface area contributed by atoms with Crippen molar-refractivity contribution in [1.82, 2.24) is 27.6 Å². The smallest absolute Gasteiger partial charge is 0.261 e. The zero-order chi connectivity index (χ0) is 62.3. The van der Waals surface area contributed by atoms with E-state index in [4.69, 9.17) is 0 Å². The molecule has 0 N–H and O–H groups in total. The summed E-state index contributed by atoms with van der Waals surface area (Å²) in [4.78, 5) is 84.6. The van der Waals surface area contributed by atoms with Gasteiger partial charge in [-0.15, -0.1) is 0 Å². The van der Waals surface area contributed by atoms with Gasteiger partial charge in [0.05, 0.1) is 48.1 Å². The van der Waals surface area contributed by atoms with Crippen LogP contribution >= 0.6 is 0 Å². The normalized spacial score (nSPS) is 14.4. The highest BCUT2D eigenvalue weighted by atomic mass is 32.2. The van der Waals surface area contributed by atoms with E-state index in [1.807, 2.05) is 20.8 Å². The lowest BCUT2D eigenvalue weighted by Crippen LogP contribution is -2.38. The van der Waals surface area contributed by atoms with Gasteiger partial charge >= 0.3 is 0 Å². The van der Waals surface area contributed by atoms with Crippen LogP contribution < -0.4 is 0 Å². The van der Waals surface area contributed by atoms with E-state index in [0.717, 1.165) is 31.4 Å². The van der Waals surface area contributed by atoms with Crippen LogP contribution in [0.1, 0.15) is 131 Å². The fourth-order valence-electron chi connectivity index (χ4n) is 11.6. The summed E-state index contributed by atoms with van der Waals surface area (Å²) in [7, 11) is -13.3. The van der Waals surface area contributed by atoms with Crippen LogP contribution in [0.2, 0.25) is 0 Å². The molecule has 0 atom stereocenters. The Morgan fingerprint density at radius 2 is 0.494 bits per heavy atom. The van der Waals surface area contributed by atoms with Gasteiger partial charge in [0.1, 0.15) is 0 Å². The summed E-state index contributed by atoms with van der Waals surface area (Å²) >= 11 is 0. The molecule has 450 valence electrons. The molecule has 0 fully saturated rings.